The van der Waals surface area contributed by atoms with Crippen LogP contribution < -0.4 is 4.74 Å². The van der Waals surface area contributed by atoms with Gasteiger partial charge in [-0.05, 0) is 43.7 Å². The van der Waals surface area contributed by atoms with Gasteiger partial charge in [0.25, 0.3) is 5.91 Å². The largest absolute Gasteiger partial charge is 0.496 e. The summed E-state index contributed by atoms with van der Waals surface area (Å²) in [5, 5.41) is 0.891. The number of para-hydroxylation sites is 2. The lowest BCUT2D eigenvalue weighted by Gasteiger charge is -2.19. The highest BCUT2D eigenvalue weighted by atomic mass is 32.2. The maximum absolute atomic E-state index is 12.9. The lowest BCUT2D eigenvalue weighted by molar-refractivity contribution is 0.0783. The van der Waals surface area contributed by atoms with Crippen molar-refractivity contribution < 1.29 is 9.53 Å². The molecule has 2 aromatic carbocycles. The number of aryl methyl sites for hydroxylation is 1. The summed E-state index contributed by atoms with van der Waals surface area (Å²) in [5.74, 6) is 1.56. The third kappa shape index (κ3) is 4.62. The minimum Gasteiger partial charge on any atom is -0.496 e. The van der Waals surface area contributed by atoms with Crippen molar-refractivity contribution in [1.82, 2.24) is 19.9 Å². The van der Waals surface area contributed by atoms with Crippen LogP contribution in [0.15, 0.2) is 59.9 Å². The molecule has 1 N–H and O–H groups in total. The van der Waals surface area contributed by atoms with Crippen LogP contribution in [0, 0.1) is 13.8 Å². The molecule has 0 fully saturated rings. The van der Waals surface area contributed by atoms with E-state index in [0.717, 1.165) is 50.1 Å². The van der Waals surface area contributed by atoms with Crippen molar-refractivity contribution in [2.75, 3.05) is 14.2 Å². The van der Waals surface area contributed by atoms with Crippen molar-refractivity contribution in [2.45, 2.75) is 31.3 Å². The van der Waals surface area contributed by atoms with Crippen LogP contribution in [0.2, 0.25) is 0 Å². The van der Waals surface area contributed by atoms with Crippen LogP contribution in [0.1, 0.15) is 32.7 Å². The monoisotopic (exact) mass is 446 g/mol. The molecule has 0 radical (unpaired) electrons. The number of imidazole rings is 1. The molecule has 0 aliphatic rings. The quantitative estimate of drug-likeness (QED) is 0.398. The molecule has 0 bridgehead atoms. The zero-order valence-electron chi connectivity index (χ0n) is 18.7. The molecular formula is C25H26N4O2S. The lowest BCUT2D eigenvalue weighted by Crippen LogP contribution is -2.27. The third-order valence-corrected chi connectivity index (χ3v) is 6.37. The van der Waals surface area contributed by atoms with Crippen LogP contribution >= 0.6 is 11.8 Å². The third-order valence-electron chi connectivity index (χ3n) is 5.43. The first kappa shape index (κ1) is 21.9. The van der Waals surface area contributed by atoms with E-state index in [0.29, 0.717) is 12.1 Å². The molecule has 164 valence electrons. The Kier molecular flexibility index (Phi) is 6.46. The Labute approximate surface area is 192 Å². The molecule has 7 heteroatoms. The van der Waals surface area contributed by atoms with Gasteiger partial charge in [0.15, 0.2) is 5.16 Å². The number of methoxy groups -OCH3 is 1. The number of hydrogen-bond acceptors (Lipinski definition) is 5. The Morgan fingerprint density at radius 1 is 1.12 bits per heavy atom. The Bertz CT molecular complexity index is 1220. The summed E-state index contributed by atoms with van der Waals surface area (Å²) in [7, 11) is 3.45. The van der Waals surface area contributed by atoms with Gasteiger partial charge in [-0.1, -0.05) is 36.0 Å². The smallest absolute Gasteiger partial charge is 0.253 e. The van der Waals surface area contributed by atoms with Gasteiger partial charge in [-0.15, -0.1) is 0 Å². The number of amides is 1. The topological polar surface area (TPSA) is 71.1 Å². The number of hydrogen-bond donors (Lipinski definition) is 1. The number of carbonyl (C=O) groups is 1. The van der Waals surface area contributed by atoms with E-state index in [4.69, 9.17) is 4.74 Å². The average molecular weight is 447 g/mol. The van der Waals surface area contributed by atoms with Crippen LogP contribution in [-0.2, 0) is 12.3 Å². The highest BCUT2D eigenvalue weighted by Gasteiger charge is 2.16. The Balaban J connectivity index is 1.39. The minimum atomic E-state index is -0.0396. The zero-order chi connectivity index (χ0) is 22.7. The molecule has 1 amide bonds. The van der Waals surface area contributed by atoms with Crippen LogP contribution in [-0.4, -0.2) is 39.9 Å². The number of aromatic amines is 1. The summed E-state index contributed by atoms with van der Waals surface area (Å²) < 4.78 is 5.48. The predicted molar refractivity (Wildman–Crippen MR) is 128 cm³/mol. The summed E-state index contributed by atoms with van der Waals surface area (Å²) in [4.78, 5) is 27.0. The van der Waals surface area contributed by atoms with Gasteiger partial charge in [-0.3, -0.25) is 9.78 Å². The number of rotatable bonds is 7. The summed E-state index contributed by atoms with van der Waals surface area (Å²) in [6.45, 7) is 4.36. The summed E-state index contributed by atoms with van der Waals surface area (Å²) in [6.07, 6.45) is 1.79. The predicted octanol–water partition coefficient (Wildman–Crippen LogP) is 5.15. The first-order valence-electron chi connectivity index (χ1n) is 10.4. The molecule has 6 nitrogen and oxygen atoms in total. The van der Waals surface area contributed by atoms with Gasteiger partial charge in [0.1, 0.15) is 5.75 Å². The number of carbonyl (C=O) groups excluding carboxylic acids is 1. The van der Waals surface area contributed by atoms with Crippen LogP contribution in [0.25, 0.3) is 11.0 Å². The second kappa shape index (κ2) is 9.44. The van der Waals surface area contributed by atoms with Crippen LogP contribution in [0.3, 0.4) is 0 Å². The number of nitrogens with zero attached hydrogens (tertiary/aromatic N) is 3. The molecule has 2 aromatic heterocycles. The van der Waals surface area contributed by atoms with Gasteiger partial charge in [0.2, 0.25) is 0 Å². The summed E-state index contributed by atoms with van der Waals surface area (Å²) in [6, 6.07) is 15.7. The molecule has 4 rings (SSSR count). The Morgan fingerprint density at radius 2 is 1.88 bits per heavy atom. The normalized spacial score (nSPS) is 11.0. The highest BCUT2D eigenvalue weighted by Crippen LogP contribution is 2.25. The molecule has 4 aromatic rings. The van der Waals surface area contributed by atoms with Gasteiger partial charge in [-0.2, -0.15) is 0 Å². The van der Waals surface area contributed by atoms with Crippen molar-refractivity contribution in [3.63, 3.8) is 0 Å². The number of thioether (sulfide) groups is 1. The van der Waals surface area contributed by atoms with E-state index in [9.17, 15) is 4.79 Å². The molecular weight excluding hydrogens is 420 g/mol. The number of benzene rings is 2. The van der Waals surface area contributed by atoms with Gasteiger partial charge in [0, 0.05) is 35.7 Å². The molecule has 0 saturated carbocycles. The fourth-order valence-electron chi connectivity index (χ4n) is 3.64. The van der Waals surface area contributed by atoms with E-state index in [1.165, 1.54) is 0 Å². The number of fused-ring (bicyclic) bond motifs is 1. The van der Waals surface area contributed by atoms with Crippen molar-refractivity contribution in [3.05, 3.63) is 82.7 Å². The Morgan fingerprint density at radius 3 is 2.59 bits per heavy atom. The van der Waals surface area contributed by atoms with E-state index in [1.807, 2.05) is 62.4 Å². The van der Waals surface area contributed by atoms with Gasteiger partial charge >= 0.3 is 0 Å². The minimum absolute atomic E-state index is 0.0396. The number of ether oxygens (including phenoxy) is 1. The van der Waals surface area contributed by atoms with E-state index in [-0.39, 0.29) is 5.91 Å². The summed E-state index contributed by atoms with van der Waals surface area (Å²) in [5.41, 5.74) is 6.58. The molecule has 0 saturated heterocycles. The number of pyridine rings is 1. The first-order valence-corrected chi connectivity index (χ1v) is 11.4. The van der Waals surface area contributed by atoms with E-state index < -0.39 is 0 Å². The van der Waals surface area contributed by atoms with Crippen LogP contribution in [0.5, 0.6) is 5.75 Å². The Hall–Kier alpha value is -3.32. The second-order valence-electron chi connectivity index (χ2n) is 7.75. The fraction of sp³-hybridized carbons (Fsp3) is 0.240. The van der Waals surface area contributed by atoms with Crippen molar-refractivity contribution in [3.8, 4) is 5.75 Å². The molecule has 0 unspecified atom stereocenters. The van der Waals surface area contributed by atoms with Gasteiger partial charge < -0.3 is 14.6 Å². The summed E-state index contributed by atoms with van der Waals surface area (Å²) >= 11 is 1.65. The van der Waals surface area contributed by atoms with Gasteiger partial charge in [0.05, 0.1) is 30.4 Å². The number of H-pyrrole nitrogens is 1. The molecule has 0 aliphatic heterocycles. The maximum Gasteiger partial charge on any atom is 0.253 e. The zero-order valence-corrected chi connectivity index (χ0v) is 19.5. The molecule has 0 aliphatic carbocycles. The van der Waals surface area contributed by atoms with Crippen molar-refractivity contribution in [2.24, 2.45) is 0 Å². The van der Waals surface area contributed by atoms with Gasteiger partial charge in [-0.25, -0.2) is 4.98 Å². The first-order chi connectivity index (χ1) is 15.5. The van der Waals surface area contributed by atoms with Crippen molar-refractivity contribution >= 4 is 28.7 Å². The molecule has 0 atom stereocenters. The average Bonchev–Trinajstić information content (AvgIpc) is 3.23. The highest BCUT2D eigenvalue weighted by molar-refractivity contribution is 7.98. The maximum atomic E-state index is 12.9. The fourth-order valence-corrected chi connectivity index (χ4v) is 4.48. The van der Waals surface area contributed by atoms with Crippen molar-refractivity contribution in [1.29, 1.82) is 0 Å². The second-order valence-corrected chi connectivity index (χ2v) is 8.72. The lowest BCUT2D eigenvalue weighted by atomic mass is 10.1. The molecule has 2 heterocycles. The SMILES string of the molecule is COc1c(C)cnc(CN(C)C(=O)c2ccc(CSc3nc4ccccc4[nH]3)cc2)c1C. The van der Waals surface area contributed by atoms with E-state index >= 15 is 0 Å². The van der Waals surface area contributed by atoms with E-state index in [2.05, 4.69) is 15.0 Å². The molecule has 32 heavy (non-hydrogen) atoms. The molecule has 0 spiro atoms. The van der Waals surface area contributed by atoms with Crippen LogP contribution in [0.4, 0.5) is 0 Å². The standard InChI is InChI=1S/C25H26N4O2S/c1-16-13-26-22(17(2)23(16)31-4)14-29(3)24(30)19-11-9-18(10-12-19)15-32-25-27-20-7-5-6-8-21(20)28-25/h5-13H,14-15H2,1-4H3,(H,27,28). The number of nitrogens with one attached hydrogen (secondary N) is 1. The van der Waals surface area contributed by atoms with E-state index in [1.54, 1.807) is 37.0 Å². The number of aromatic nitrogens is 3.